The molecule has 1 aromatic heterocycles. The third-order valence-electron chi connectivity index (χ3n) is 2.76. The van der Waals surface area contributed by atoms with Crippen LogP contribution >= 0.6 is 0 Å². The Labute approximate surface area is 114 Å². The molecule has 0 aliphatic carbocycles. The number of furan rings is 1. The van der Waals surface area contributed by atoms with Gasteiger partial charge in [0.1, 0.15) is 5.76 Å². The minimum atomic E-state index is -0.360. The molecular formula is C14H21N3O2. The number of amides is 1. The monoisotopic (exact) mass is 263 g/mol. The van der Waals surface area contributed by atoms with Crippen LogP contribution in [0, 0.1) is 11.3 Å². The van der Waals surface area contributed by atoms with Crippen molar-refractivity contribution in [2.24, 2.45) is 5.73 Å². The second kappa shape index (κ2) is 6.95. The van der Waals surface area contributed by atoms with Crippen LogP contribution in [0.2, 0.25) is 0 Å². The van der Waals surface area contributed by atoms with Gasteiger partial charge in [-0.2, -0.15) is 5.26 Å². The number of hydrogen-bond donors (Lipinski definition) is 1. The quantitative estimate of drug-likeness (QED) is 0.816. The van der Waals surface area contributed by atoms with Crippen LogP contribution in [0.3, 0.4) is 0 Å². The lowest BCUT2D eigenvalue weighted by molar-refractivity contribution is -0.132. The molecule has 2 N–H and O–H groups in total. The van der Waals surface area contributed by atoms with Gasteiger partial charge in [0, 0.05) is 18.5 Å². The van der Waals surface area contributed by atoms with Crippen molar-refractivity contribution in [1.82, 2.24) is 4.90 Å². The molecule has 5 heteroatoms. The lowest BCUT2D eigenvalue weighted by atomic mass is 9.99. The molecule has 1 amide bonds. The molecule has 0 atom stereocenters. The summed E-state index contributed by atoms with van der Waals surface area (Å²) < 4.78 is 5.24. The van der Waals surface area contributed by atoms with E-state index in [0.717, 1.165) is 5.76 Å². The maximum atomic E-state index is 12.1. The zero-order chi connectivity index (χ0) is 14.3. The van der Waals surface area contributed by atoms with Gasteiger partial charge in [0.2, 0.25) is 5.91 Å². The van der Waals surface area contributed by atoms with Gasteiger partial charge in [-0.15, -0.1) is 0 Å². The molecule has 1 rings (SSSR count). The first-order chi connectivity index (χ1) is 8.92. The first-order valence-corrected chi connectivity index (χ1v) is 6.38. The van der Waals surface area contributed by atoms with Crippen molar-refractivity contribution >= 4 is 5.91 Å². The van der Waals surface area contributed by atoms with E-state index in [1.165, 1.54) is 0 Å². The molecule has 0 saturated carbocycles. The summed E-state index contributed by atoms with van der Waals surface area (Å²) in [6, 6.07) is 5.66. The van der Waals surface area contributed by atoms with Gasteiger partial charge in [-0.25, -0.2) is 0 Å². The van der Waals surface area contributed by atoms with E-state index in [0.29, 0.717) is 32.4 Å². The maximum Gasteiger partial charge on any atom is 0.223 e. The average Bonchev–Trinajstić information content (AvgIpc) is 2.83. The molecule has 0 aliphatic rings. The summed E-state index contributed by atoms with van der Waals surface area (Å²) in [4.78, 5) is 13.8. The van der Waals surface area contributed by atoms with Gasteiger partial charge in [0.25, 0.3) is 0 Å². The highest BCUT2D eigenvalue weighted by Crippen LogP contribution is 2.12. The van der Waals surface area contributed by atoms with Gasteiger partial charge in [0.15, 0.2) is 0 Å². The van der Waals surface area contributed by atoms with Gasteiger partial charge in [-0.1, -0.05) is 0 Å². The van der Waals surface area contributed by atoms with Crippen molar-refractivity contribution in [1.29, 1.82) is 5.26 Å². The number of carbonyl (C=O) groups excluding carboxylic acids is 1. The average molecular weight is 263 g/mol. The molecule has 0 spiro atoms. The van der Waals surface area contributed by atoms with Crippen LogP contribution in [0.25, 0.3) is 0 Å². The summed E-state index contributed by atoms with van der Waals surface area (Å²) in [5.41, 5.74) is 5.52. The SMILES string of the molecule is CC(C)(N)CCC(=O)N(CCC#N)Cc1ccco1. The Morgan fingerprint density at radius 3 is 2.84 bits per heavy atom. The fraction of sp³-hybridized carbons (Fsp3) is 0.571. The van der Waals surface area contributed by atoms with E-state index in [2.05, 4.69) is 6.07 Å². The summed E-state index contributed by atoms with van der Waals surface area (Å²) in [7, 11) is 0. The molecule has 0 unspecified atom stereocenters. The van der Waals surface area contributed by atoms with Crippen LogP contribution in [-0.4, -0.2) is 22.9 Å². The molecule has 0 fully saturated rings. The van der Waals surface area contributed by atoms with E-state index < -0.39 is 0 Å². The number of nitrogens with zero attached hydrogens (tertiary/aromatic N) is 2. The van der Waals surface area contributed by atoms with E-state index in [1.807, 2.05) is 19.9 Å². The van der Waals surface area contributed by atoms with Gasteiger partial charge in [-0.3, -0.25) is 4.79 Å². The Morgan fingerprint density at radius 1 is 1.58 bits per heavy atom. The van der Waals surface area contributed by atoms with Crippen molar-refractivity contribution in [3.63, 3.8) is 0 Å². The summed E-state index contributed by atoms with van der Waals surface area (Å²) >= 11 is 0. The normalized spacial score (nSPS) is 11.1. The maximum absolute atomic E-state index is 12.1. The molecule has 1 aromatic rings. The first kappa shape index (κ1) is 15.3. The molecule has 1 heterocycles. The summed E-state index contributed by atoms with van der Waals surface area (Å²) in [6.07, 6.45) is 2.90. The van der Waals surface area contributed by atoms with Crippen molar-refractivity contribution in [2.45, 2.75) is 45.2 Å². The Morgan fingerprint density at radius 2 is 2.32 bits per heavy atom. The molecule has 19 heavy (non-hydrogen) atoms. The van der Waals surface area contributed by atoms with Crippen molar-refractivity contribution < 1.29 is 9.21 Å². The zero-order valence-electron chi connectivity index (χ0n) is 11.6. The molecule has 0 bridgehead atoms. The van der Waals surface area contributed by atoms with Gasteiger partial charge >= 0.3 is 0 Å². The van der Waals surface area contributed by atoms with Crippen LogP contribution in [0.5, 0.6) is 0 Å². The van der Waals surface area contributed by atoms with E-state index in [4.69, 9.17) is 15.4 Å². The summed E-state index contributed by atoms with van der Waals surface area (Å²) in [5.74, 6) is 0.725. The minimum Gasteiger partial charge on any atom is -0.467 e. The second-order valence-corrected chi connectivity index (χ2v) is 5.29. The smallest absolute Gasteiger partial charge is 0.223 e. The highest BCUT2D eigenvalue weighted by molar-refractivity contribution is 5.76. The van der Waals surface area contributed by atoms with E-state index in [9.17, 15) is 4.79 Å². The summed E-state index contributed by atoms with van der Waals surface area (Å²) in [5, 5.41) is 8.65. The lowest BCUT2D eigenvalue weighted by Gasteiger charge is -2.23. The molecule has 0 aromatic carbocycles. The zero-order valence-corrected chi connectivity index (χ0v) is 11.6. The predicted octanol–water partition coefficient (Wildman–Crippen LogP) is 2.04. The fourth-order valence-electron chi connectivity index (χ4n) is 1.65. The Kier molecular flexibility index (Phi) is 5.58. The van der Waals surface area contributed by atoms with E-state index >= 15 is 0 Å². The molecule has 0 saturated heterocycles. The Bertz CT molecular complexity index is 427. The number of nitriles is 1. The Hall–Kier alpha value is -1.80. The highest BCUT2D eigenvalue weighted by Gasteiger charge is 2.18. The van der Waals surface area contributed by atoms with E-state index in [1.54, 1.807) is 17.2 Å². The fourth-order valence-corrected chi connectivity index (χ4v) is 1.65. The highest BCUT2D eigenvalue weighted by atomic mass is 16.3. The summed E-state index contributed by atoms with van der Waals surface area (Å²) in [6.45, 7) is 4.61. The standard InChI is InChI=1S/C14H21N3O2/c1-14(2,16)7-6-13(18)17(9-4-8-15)11-12-5-3-10-19-12/h3,5,10H,4,6-7,9,11,16H2,1-2H3. The molecule has 104 valence electrons. The Balaban J connectivity index is 2.57. The molecule has 0 aliphatic heterocycles. The third kappa shape index (κ3) is 6.07. The molecule has 0 radical (unpaired) electrons. The second-order valence-electron chi connectivity index (χ2n) is 5.29. The predicted molar refractivity (Wildman–Crippen MR) is 71.9 cm³/mol. The number of rotatable bonds is 7. The first-order valence-electron chi connectivity index (χ1n) is 6.38. The van der Waals surface area contributed by atoms with Gasteiger partial charge < -0.3 is 15.1 Å². The van der Waals surface area contributed by atoms with Crippen LogP contribution in [-0.2, 0) is 11.3 Å². The minimum absolute atomic E-state index is 0.00479. The van der Waals surface area contributed by atoms with E-state index in [-0.39, 0.29) is 11.4 Å². The van der Waals surface area contributed by atoms with Crippen LogP contribution in [0.1, 0.15) is 38.9 Å². The third-order valence-corrected chi connectivity index (χ3v) is 2.76. The van der Waals surface area contributed by atoms with Gasteiger partial charge in [-0.05, 0) is 32.4 Å². The van der Waals surface area contributed by atoms with Crippen LogP contribution in [0.4, 0.5) is 0 Å². The van der Waals surface area contributed by atoms with Crippen LogP contribution in [0.15, 0.2) is 22.8 Å². The lowest BCUT2D eigenvalue weighted by Crippen LogP contribution is -2.36. The van der Waals surface area contributed by atoms with Crippen molar-refractivity contribution in [3.8, 4) is 6.07 Å². The molecular weight excluding hydrogens is 242 g/mol. The van der Waals surface area contributed by atoms with Crippen molar-refractivity contribution in [3.05, 3.63) is 24.2 Å². The number of hydrogen-bond acceptors (Lipinski definition) is 4. The molecule has 5 nitrogen and oxygen atoms in total. The number of nitrogens with two attached hydrogens (primary N) is 1. The topological polar surface area (TPSA) is 83.3 Å². The van der Waals surface area contributed by atoms with Gasteiger partial charge in [0.05, 0.1) is 25.3 Å². The van der Waals surface area contributed by atoms with Crippen molar-refractivity contribution in [2.75, 3.05) is 6.54 Å². The van der Waals surface area contributed by atoms with Crippen LogP contribution < -0.4 is 5.73 Å². The largest absolute Gasteiger partial charge is 0.467 e. The number of carbonyl (C=O) groups is 1.